The number of nitrogens with two attached hydrogens (primary N) is 1. The Balaban J connectivity index is 1.58. The van der Waals surface area contributed by atoms with Crippen LogP contribution in [0.4, 0.5) is 0 Å². The zero-order valence-electron chi connectivity index (χ0n) is 20.9. The van der Waals surface area contributed by atoms with E-state index in [1.807, 2.05) is 13.0 Å². The van der Waals surface area contributed by atoms with Crippen LogP contribution >= 0.6 is 0 Å². The van der Waals surface area contributed by atoms with Crippen LogP contribution in [0.2, 0.25) is 0 Å². The van der Waals surface area contributed by atoms with Crippen LogP contribution in [0.3, 0.4) is 0 Å². The van der Waals surface area contributed by atoms with Crippen molar-refractivity contribution in [2.45, 2.75) is 57.6 Å². The van der Waals surface area contributed by atoms with Crippen molar-refractivity contribution in [3.05, 3.63) is 53.3 Å². The minimum atomic E-state index is -2.30. The topological polar surface area (TPSA) is 72.9 Å². The molecular formula is C26H28N4O. The zero-order chi connectivity index (χ0) is 24.1. The molecule has 5 rings (SSSR count). The molecule has 1 saturated carbocycles. The Labute approximate surface area is 188 Å². The molecule has 158 valence electrons. The van der Waals surface area contributed by atoms with Crippen LogP contribution in [0.25, 0.3) is 11.1 Å². The highest BCUT2D eigenvalue weighted by molar-refractivity contribution is 6.41. The van der Waals surface area contributed by atoms with Crippen LogP contribution in [0.1, 0.15) is 60.3 Å². The smallest absolute Gasteiger partial charge is 0.184 e. The van der Waals surface area contributed by atoms with E-state index in [1.54, 1.807) is 19.5 Å². The highest BCUT2D eigenvalue weighted by atomic mass is 16.5. The van der Waals surface area contributed by atoms with E-state index >= 15 is 0 Å². The minimum absolute atomic E-state index is 0.114. The lowest BCUT2D eigenvalue weighted by Gasteiger charge is -2.44. The van der Waals surface area contributed by atoms with Gasteiger partial charge in [-0.3, -0.25) is 9.98 Å². The first kappa shape index (κ1) is 16.7. The molecular weight excluding hydrogens is 384 g/mol. The molecule has 2 spiro atoms. The molecule has 31 heavy (non-hydrogen) atoms. The van der Waals surface area contributed by atoms with Crippen LogP contribution in [-0.4, -0.2) is 29.7 Å². The third kappa shape index (κ3) is 3.01. The Kier molecular flexibility index (Phi) is 3.94. The third-order valence-corrected chi connectivity index (χ3v) is 7.24. The summed E-state index contributed by atoms with van der Waals surface area (Å²) < 4.78 is 27.6. The van der Waals surface area contributed by atoms with E-state index in [-0.39, 0.29) is 11.5 Å². The van der Waals surface area contributed by atoms with Gasteiger partial charge in [-0.05, 0) is 69.1 Å². The van der Waals surface area contributed by atoms with Crippen LogP contribution in [0.15, 0.2) is 46.6 Å². The first-order valence-electron chi connectivity index (χ1n) is 12.2. The van der Waals surface area contributed by atoms with Crippen molar-refractivity contribution < 1.29 is 8.85 Å². The van der Waals surface area contributed by atoms with Crippen LogP contribution in [-0.2, 0) is 16.8 Å². The van der Waals surface area contributed by atoms with Gasteiger partial charge in [0.2, 0.25) is 0 Å². The van der Waals surface area contributed by atoms with Crippen molar-refractivity contribution in [3.8, 4) is 23.0 Å². The fourth-order valence-corrected chi connectivity index (χ4v) is 5.59. The van der Waals surface area contributed by atoms with Crippen LogP contribution < -0.4 is 5.73 Å². The van der Waals surface area contributed by atoms with Crippen molar-refractivity contribution in [2.24, 2.45) is 21.1 Å². The number of benzene rings is 1. The van der Waals surface area contributed by atoms with Crippen molar-refractivity contribution in [1.82, 2.24) is 4.98 Å². The van der Waals surface area contributed by atoms with Gasteiger partial charge in [0.05, 0.1) is 11.8 Å². The number of hydrogen-bond donors (Lipinski definition) is 1. The number of aromatic nitrogens is 1. The number of methoxy groups -OCH3 is 1. The summed E-state index contributed by atoms with van der Waals surface area (Å²) in [6.45, 7) is -0.372. The monoisotopic (exact) mass is 415 g/mol. The summed E-state index contributed by atoms with van der Waals surface area (Å²) in [6.07, 6.45) is 8.46. The summed E-state index contributed by atoms with van der Waals surface area (Å²) in [4.78, 5) is 14.4. The Bertz CT molecular complexity index is 1240. The number of pyridine rings is 1. The standard InChI is InChI=1S/C26H28N4O/c1-4-5-18-12-21(16-28-15-18)19-6-7-20-14-25(10-8-22(31-3)9-11-25)26(23(20)13-19)29-17(2)24(27)30-26/h6-7,12-13,15-16,22H,8-11,14H2,1-3H3,(H2,27,30)/t22?,25?,26-/m0/s1/i1D3. The normalized spacial score (nSPS) is 30.6. The lowest BCUT2D eigenvalue weighted by molar-refractivity contribution is -0.000372. The van der Waals surface area contributed by atoms with E-state index in [4.69, 9.17) is 24.6 Å². The lowest BCUT2D eigenvalue weighted by Crippen LogP contribution is -2.43. The summed E-state index contributed by atoms with van der Waals surface area (Å²) in [5.41, 5.74) is 11.0. The van der Waals surface area contributed by atoms with Gasteiger partial charge in [0.1, 0.15) is 5.84 Å². The summed E-state index contributed by atoms with van der Waals surface area (Å²) in [5.74, 6) is 5.53. The number of aliphatic imine (C=N–C) groups is 2. The maximum Gasteiger partial charge on any atom is 0.184 e. The number of rotatable bonds is 2. The fraction of sp³-hybridized carbons (Fsp3) is 0.423. The maximum absolute atomic E-state index is 7.32. The molecule has 0 saturated heterocycles. The van der Waals surface area contributed by atoms with E-state index in [0.29, 0.717) is 11.4 Å². The summed E-state index contributed by atoms with van der Waals surface area (Å²) in [6, 6.07) is 8.28. The molecule has 0 amide bonds. The summed E-state index contributed by atoms with van der Waals surface area (Å²) in [5, 5.41) is 0. The van der Waals surface area contributed by atoms with Crippen LogP contribution in [0.5, 0.6) is 0 Å². The average molecular weight is 416 g/mol. The van der Waals surface area contributed by atoms with Crippen molar-refractivity contribution in [3.63, 3.8) is 0 Å². The molecule has 2 aromatic rings. The molecule has 1 aromatic heterocycles. The van der Waals surface area contributed by atoms with Gasteiger partial charge >= 0.3 is 0 Å². The number of ether oxygens (including phenoxy) is 1. The quantitative estimate of drug-likeness (QED) is 0.746. The largest absolute Gasteiger partial charge is 0.382 e. The Morgan fingerprint density at radius 3 is 2.71 bits per heavy atom. The van der Waals surface area contributed by atoms with Gasteiger partial charge in [-0.15, -0.1) is 5.92 Å². The van der Waals surface area contributed by atoms with Crippen LogP contribution in [0, 0.1) is 17.3 Å². The highest BCUT2D eigenvalue weighted by Crippen LogP contribution is 2.62. The highest BCUT2D eigenvalue weighted by Gasteiger charge is 2.60. The van der Waals surface area contributed by atoms with Gasteiger partial charge in [-0.25, -0.2) is 4.99 Å². The molecule has 5 nitrogen and oxygen atoms in total. The van der Waals surface area contributed by atoms with Crippen molar-refractivity contribution in [2.75, 3.05) is 7.11 Å². The SMILES string of the molecule is [2H]C([2H])([2H])C#Cc1cncc(-c2ccc3c(c2)[C@@]2(N=C(C)C(N)=N2)C2(CCC(OC)CC2)C3)c1. The van der Waals surface area contributed by atoms with E-state index in [0.717, 1.165) is 54.5 Å². The molecule has 0 bridgehead atoms. The maximum atomic E-state index is 7.32. The van der Waals surface area contributed by atoms with Gasteiger partial charge < -0.3 is 10.5 Å². The van der Waals surface area contributed by atoms with Crippen molar-refractivity contribution >= 4 is 11.5 Å². The van der Waals surface area contributed by atoms with Gasteiger partial charge in [-0.2, -0.15) is 0 Å². The molecule has 1 aromatic carbocycles. The molecule has 1 aliphatic heterocycles. The number of amidine groups is 1. The second-order valence-corrected chi connectivity index (χ2v) is 8.84. The van der Waals surface area contributed by atoms with E-state index < -0.39 is 12.5 Å². The lowest BCUT2D eigenvalue weighted by atomic mass is 9.65. The second-order valence-electron chi connectivity index (χ2n) is 8.84. The van der Waals surface area contributed by atoms with E-state index in [2.05, 4.69) is 35.0 Å². The number of fused-ring (bicyclic) bond motifs is 3. The molecule has 0 unspecified atom stereocenters. The van der Waals surface area contributed by atoms with Crippen molar-refractivity contribution in [1.29, 1.82) is 0 Å². The molecule has 1 fully saturated rings. The Morgan fingerprint density at radius 1 is 1.16 bits per heavy atom. The first-order valence-corrected chi connectivity index (χ1v) is 10.7. The first-order chi connectivity index (χ1) is 16.1. The van der Waals surface area contributed by atoms with E-state index in [1.165, 1.54) is 5.56 Å². The molecule has 2 N–H and O–H groups in total. The third-order valence-electron chi connectivity index (χ3n) is 7.24. The molecule has 3 aliphatic rings. The van der Waals surface area contributed by atoms with Gasteiger partial charge in [0.15, 0.2) is 5.66 Å². The zero-order valence-corrected chi connectivity index (χ0v) is 17.9. The minimum Gasteiger partial charge on any atom is -0.382 e. The molecule has 2 aliphatic carbocycles. The molecule has 0 radical (unpaired) electrons. The predicted molar refractivity (Wildman–Crippen MR) is 124 cm³/mol. The predicted octanol–water partition coefficient (Wildman–Crippen LogP) is 4.24. The van der Waals surface area contributed by atoms with Gasteiger partial charge in [0, 0.05) is 45.7 Å². The number of hydrogen-bond acceptors (Lipinski definition) is 5. The summed E-state index contributed by atoms with van der Waals surface area (Å²) in [7, 11) is 1.78. The second kappa shape index (κ2) is 7.32. The number of nitrogens with zero attached hydrogens (tertiary/aromatic N) is 3. The molecule has 2 heterocycles. The van der Waals surface area contributed by atoms with E-state index in [9.17, 15) is 0 Å². The van der Waals surface area contributed by atoms with Gasteiger partial charge in [-0.1, -0.05) is 18.1 Å². The summed E-state index contributed by atoms with van der Waals surface area (Å²) >= 11 is 0. The molecule has 5 heteroatoms. The Morgan fingerprint density at radius 2 is 2.00 bits per heavy atom. The molecule has 1 atom stereocenters. The Hall–Kier alpha value is -2.97. The van der Waals surface area contributed by atoms with Gasteiger partial charge in [0.25, 0.3) is 0 Å². The fourth-order valence-electron chi connectivity index (χ4n) is 5.59. The average Bonchev–Trinajstić information content (AvgIpc) is 3.25.